The lowest BCUT2D eigenvalue weighted by Gasteiger charge is -2.27. The van der Waals surface area contributed by atoms with Crippen molar-refractivity contribution in [3.63, 3.8) is 0 Å². The number of anilines is 2. The van der Waals surface area contributed by atoms with E-state index in [4.69, 9.17) is 4.74 Å². The molecule has 0 spiro atoms. The second kappa shape index (κ2) is 21.2. The van der Waals surface area contributed by atoms with E-state index in [-0.39, 0.29) is 0 Å². The molecule has 0 bridgehead atoms. The molecule has 266 valence electrons. The van der Waals surface area contributed by atoms with Gasteiger partial charge < -0.3 is 14.5 Å². The molecule has 0 saturated heterocycles. The maximum Gasteiger partial charge on any atom is 0.189 e. The van der Waals surface area contributed by atoms with Gasteiger partial charge in [0, 0.05) is 49.2 Å². The van der Waals surface area contributed by atoms with Gasteiger partial charge in [-0.25, -0.2) is 8.42 Å². The summed E-state index contributed by atoms with van der Waals surface area (Å²) in [7, 11) is -3.80. The van der Waals surface area contributed by atoms with Gasteiger partial charge in [0.1, 0.15) is 11.0 Å². The topological polar surface area (TPSA) is 49.9 Å². The number of aryl methyl sites for hydroxylation is 1. The molecule has 48 heavy (non-hydrogen) atoms. The van der Waals surface area contributed by atoms with Crippen molar-refractivity contribution in [2.24, 2.45) is 0 Å². The first-order valence-electron chi connectivity index (χ1n) is 19.0. The van der Waals surface area contributed by atoms with Crippen LogP contribution in [0, 0.1) is 6.92 Å². The largest absolute Gasteiger partial charge is 0.493 e. The SMILES string of the molecule is CCCCCCCCN(CCCCCCCC)c1ccc(C(c2ccc(N(CC)CC)cc2OCC)S(=O)(=O)c2ccc(C)cc2)cc1. The van der Waals surface area contributed by atoms with Gasteiger partial charge in [-0.05, 0) is 76.4 Å². The summed E-state index contributed by atoms with van der Waals surface area (Å²) in [5.41, 5.74) is 4.68. The molecular weight excluding hydrogens is 613 g/mol. The fraction of sp³-hybridized carbons (Fsp3) is 0.571. The Balaban J connectivity index is 2.00. The smallest absolute Gasteiger partial charge is 0.189 e. The standard InChI is InChI=1S/C42H64N2O3S/c1-7-12-14-16-18-20-32-44(33-21-19-17-15-13-8-2)37-26-24-36(25-27-37)42(48(45,46)39-29-22-35(6)23-30-39)40-31-28-38(43(9-3)10-4)34-41(40)47-11-5/h22-31,34,42H,7-21,32-33H2,1-6H3. The van der Waals surface area contributed by atoms with Crippen LogP contribution < -0.4 is 14.5 Å². The van der Waals surface area contributed by atoms with Crippen molar-refractivity contribution >= 4 is 21.2 Å². The summed E-state index contributed by atoms with van der Waals surface area (Å²) < 4.78 is 35.3. The zero-order valence-corrected chi connectivity index (χ0v) is 31.8. The van der Waals surface area contributed by atoms with Crippen LogP contribution in [0.2, 0.25) is 0 Å². The third-order valence-corrected chi connectivity index (χ3v) is 11.6. The summed E-state index contributed by atoms with van der Waals surface area (Å²) in [4.78, 5) is 5.11. The Morgan fingerprint density at radius 1 is 0.604 bits per heavy atom. The van der Waals surface area contributed by atoms with E-state index in [1.165, 1.54) is 82.7 Å². The molecule has 0 aliphatic carbocycles. The fourth-order valence-electron chi connectivity index (χ4n) is 6.59. The van der Waals surface area contributed by atoms with Crippen LogP contribution in [0.25, 0.3) is 0 Å². The first kappa shape index (κ1) is 39.4. The van der Waals surface area contributed by atoms with E-state index in [0.29, 0.717) is 22.8 Å². The second-order valence-electron chi connectivity index (χ2n) is 13.2. The maximum atomic E-state index is 14.6. The molecule has 3 rings (SSSR count). The molecule has 5 nitrogen and oxygen atoms in total. The molecule has 1 unspecified atom stereocenters. The zero-order valence-electron chi connectivity index (χ0n) is 31.0. The quantitative estimate of drug-likeness (QED) is 0.0884. The van der Waals surface area contributed by atoms with Crippen LogP contribution in [0.3, 0.4) is 0 Å². The zero-order chi connectivity index (χ0) is 34.8. The monoisotopic (exact) mass is 676 g/mol. The van der Waals surface area contributed by atoms with Gasteiger partial charge in [-0.2, -0.15) is 0 Å². The van der Waals surface area contributed by atoms with Crippen LogP contribution in [-0.2, 0) is 9.84 Å². The molecular formula is C42H64N2O3S. The number of benzene rings is 3. The number of nitrogens with zero attached hydrogens (tertiary/aromatic N) is 2. The molecule has 0 radical (unpaired) electrons. The van der Waals surface area contributed by atoms with Crippen molar-refractivity contribution in [3.05, 3.63) is 83.4 Å². The minimum Gasteiger partial charge on any atom is -0.493 e. The average Bonchev–Trinajstić information content (AvgIpc) is 3.09. The second-order valence-corrected chi connectivity index (χ2v) is 15.2. The molecule has 0 heterocycles. The Labute approximate surface area is 294 Å². The van der Waals surface area contributed by atoms with Crippen molar-refractivity contribution in [2.75, 3.05) is 42.6 Å². The van der Waals surface area contributed by atoms with Crippen LogP contribution in [0.15, 0.2) is 71.6 Å². The molecule has 1 atom stereocenters. The molecule has 0 fully saturated rings. The number of hydrogen-bond donors (Lipinski definition) is 0. The summed E-state index contributed by atoms with van der Waals surface area (Å²) in [5, 5.41) is -0.896. The molecule has 6 heteroatoms. The van der Waals surface area contributed by atoms with Gasteiger partial charge in [0.25, 0.3) is 0 Å². The molecule has 0 saturated carbocycles. The van der Waals surface area contributed by atoms with Crippen molar-refractivity contribution in [1.29, 1.82) is 0 Å². The van der Waals surface area contributed by atoms with E-state index in [0.717, 1.165) is 43.0 Å². The predicted molar refractivity (Wildman–Crippen MR) is 207 cm³/mol. The highest BCUT2D eigenvalue weighted by Gasteiger charge is 2.33. The van der Waals surface area contributed by atoms with Gasteiger partial charge in [-0.1, -0.05) is 114 Å². The summed E-state index contributed by atoms with van der Waals surface area (Å²) in [6.07, 6.45) is 15.3. The van der Waals surface area contributed by atoms with Gasteiger partial charge in [0.05, 0.1) is 11.5 Å². The Morgan fingerprint density at radius 3 is 1.65 bits per heavy atom. The molecule has 0 N–H and O–H groups in total. The third-order valence-electron chi connectivity index (χ3n) is 9.49. The Bertz CT molecular complexity index is 1400. The molecule has 0 aliphatic rings. The Kier molecular flexibility index (Phi) is 17.4. The minimum atomic E-state index is -3.80. The van der Waals surface area contributed by atoms with E-state index in [1.54, 1.807) is 12.1 Å². The highest BCUT2D eigenvalue weighted by atomic mass is 32.2. The number of ether oxygens (including phenoxy) is 1. The summed E-state index contributed by atoms with van der Waals surface area (Å²) in [6, 6.07) is 21.6. The van der Waals surface area contributed by atoms with Gasteiger partial charge >= 0.3 is 0 Å². The van der Waals surface area contributed by atoms with Gasteiger partial charge in [0.2, 0.25) is 0 Å². The van der Waals surface area contributed by atoms with E-state index in [9.17, 15) is 8.42 Å². The van der Waals surface area contributed by atoms with Gasteiger partial charge in [0.15, 0.2) is 9.84 Å². The lowest BCUT2D eigenvalue weighted by molar-refractivity contribution is 0.336. The molecule has 3 aromatic rings. The average molecular weight is 677 g/mol. The highest BCUT2D eigenvalue weighted by molar-refractivity contribution is 7.92. The van der Waals surface area contributed by atoms with Gasteiger partial charge in [-0.15, -0.1) is 0 Å². The van der Waals surface area contributed by atoms with E-state index in [2.05, 4.69) is 49.6 Å². The maximum absolute atomic E-state index is 14.6. The van der Waals surface area contributed by atoms with E-state index < -0.39 is 15.1 Å². The molecule has 3 aromatic carbocycles. The van der Waals surface area contributed by atoms with Gasteiger partial charge in [-0.3, -0.25) is 0 Å². The number of hydrogen-bond acceptors (Lipinski definition) is 5. The van der Waals surface area contributed by atoms with Crippen LogP contribution in [0.4, 0.5) is 11.4 Å². The molecule has 0 aliphatic heterocycles. The molecule has 0 aromatic heterocycles. The molecule has 0 amide bonds. The number of sulfone groups is 1. The Morgan fingerprint density at radius 2 is 1.12 bits per heavy atom. The predicted octanol–water partition coefficient (Wildman–Crippen LogP) is 11.3. The van der Waals surface area contributed by atoms with Crippen LogP contribution >= 0.6 is 0 Å². The van der Waals surface area contributed by atoms with E-state index >= 15 is 0 Å². The lowest BCUT2D eigenvalue weighted by Crippen LogP contribution is -2.26. The van der Waals surface area contributed by atoms with Crippen molar-refractivity contribution < 1.29 is 13.2 Å². The third kappa shape index (κ3) is 11.6. The fourth-order valence-corrected chi connectivity index (χ4v) is 8.42. The van der Waals surface area contributed by atoms with Crippen LogP contribution in [0.1, 0.15) is 134 Å². The number of rotatable bonds is 24. The Hall–Kier alpha value is -2.99. The highest BCUT2D eigenvalue weighted by Crippen LogP contribution is 2.41. The minimum absolute atomic E-state index is 0.324. The summed E-state index contributed by atoms with van der Waals surface area (Å²) in [5.74, 6) is 0.624. The normalized spacial score (nSPS) is 12.2. The van der Waals surface area contributed by atoms with Crippen LogP contribution in [-0.4, -0.2) is 41.2 Å². The lowest BCUT2D eigenvalue weighted by atomic mass is 10.0. The van der Waals surface area contributed by atoms with E-state index in [1.807, 2.05) is 56.3 Å². The van der Waals surface area contributed by atoms with Crippen LogP contribution in [0.5, 0.6) is 5.75 Å². The van der Waals surface area contributed by atoms with Crippen molar-refractivity contribution in [1.82, 2.24) is 0 Å². The first-order chi connectivity index (χ1) is 23.3. The number of unbranched alkanes of at least 4 members (excludes halogenated alkanes) is 10. The van der Waals surface area contributed by atoms with Crippen molar-refractivity contribution in [2.45, 2.75) is 129 Å². The summed E-state index contributed by atoms with van der Waals surface area (Å²) >= 11 is 0. The van der Waals surface area contributed by atoms with Crippen molar-refractivity contribution in [3.8, 4) is 5.75 Å². The summed E-state index contributed by atoms with van der Waals surface area (Å²) in [6.45, 7) is 17.0. The first-order valence-corrected chi connectivity index (χ1v) is 20.5.